The molecule has 2 heterocycles. The summed E-state index contributed by atoms with van der Waals surface area (Å²) in [5, 5.41) is 32.0. The molecule has 1 saturated heterocycles. The lowest BCUT2D eigenvalue weighted by Gasteiger charge is -2.36. The van der Waals surface area contributed by atoms with Gasteiger partial charge in [0.25, 0.3) is 0 Å². The van der Waals surface area contributed by atoms with Gasteiger partial charge in [-0.1, -0.05) is 78.5 Å². The number of phenols is 1. The van der Waals surface area contributed by atoms with E-state index < -0.39 is 6.29 Å². The molecule has 10 heteroatoms. The van der Waals surface area contributed by atoms with Crippen LogP contribution in [0.25, 0.3) is 16.8 Å². The minimum absolute atomic E-state index is 0.00685. The smallest absolute Gasteiger partial charge is 0.214 e. The molecule has 0 unspecified atom stereocenters. The van der Waals surface area contributed by atoms with Crippen molar-refractivity contribution in [3.8, 4) is 22.6 Å². The van der Waals surface area contributed by atoms with Crippen LogP contribution in [0.5, 0.6) is 5.75 Å². The second-order valence-corrected chi connectivity index (χ2v) is 11.1. The highest BCUT2D eigenvalue weighted by Crippen LogP contribution is 2.40. The van der Waals surface area contributed by atoms with Crippen molar-refractivity contribution in [3.63, 3.8) is 0 Å². The van der Waals surface area contributed by atoms with E-state index in [2.05, 4.69) is 39.8 Å². The Morgan fingerprint density at radius 3 is 2.36 bits per heavy atom. The van der Waals surface area contributed by atoms with Crippen LogP contribution >= 0.6 is 11.8 Å². The summed E-state index contributed by atoms with van der Waals surface area (Å²) in [6.07, 6.45) is -0.269. The van der Waals surface area contributed by atoms with Crippen molar-refractivity contribution in [1.82, 2.24) is 20.2 Å². The Morgan fingerprint density at radius 2 is 1.62 bits per heavy atom. The number of hydrogen-bond acceptors (Lipinski definition) is 9. The van der Waals surface area contributed by atoms with Crippen LogP contribution in [0.4, 0.5) is 0 Å². The number of nitrogens with two attached hydrogens (primary N) is 1. The first-order valence-corrected chi connectivity index (χ1v) is 14.7. The number of nitrogens with zero attached hydrogens (tertiary/aromatic N) is 4. The lowest BCUT2D eigenvalue weighted by Crippen LogP contribution is -2.31. The van der Waals surface area contributed by atoms with Gasteiger partial charge in [-0.15, -0.1) is 5.10 Å². The number of aliphatic hydroxyl groups is 1. The number of benzene rings is 4. The van der Waals surface area contributed by atoms with E-state index in [4.69, 9.17) is 15.2 Å². The van der Waals surface area contributed by atoms with Gasteiger partial charge in [0.1, 0.15) is 5.75 Å². The van der Waals surface area contributed by atoms with E-state index in [9.17, 15) is 10.2 Å². The molecule has 5 aromatic rings. The van der Waals surface area contributed by atoms with Gasteiger partial charge in [0.15, 0.2) is 6.29 Å². The van der Waals surface area contributed by atoms with E-state index in [1.807, 2.05) is 48.5 Å². The number of phenolic OH excluding ortho intramolecular Hbond substituents is 1. The van der Waals surface area contributed by atoms with Gasteiger partial charge in [-0.2, -0.15) is 4.68 Å². The minimum Gasteiger partial charge on any atom is -0.508 e. The monoisotopic (exact) mass is 581 g/mol. The highest BCUT2D eigenvalue weighted by Gasteiger charge is 2.32. The van der Waals surface area contributed by atoms with E-state index in [0.29, 0.717) is 23.9 Å². The molecule has 0 saturated carbocycles. The highest BCUT2D eigenvalue weighted by molar-refractivity contribution is 7.99. The molecule has 6 rings (SSSR count). The third kappa shape index (κ3) is 6.38. The van der Waals surface area contributed by atoms with E-state index in [1.165, 1.54) is 11.8 Å². The first kappa shape index (κ1) is 28.1. The van der Waals surface area contributed by atoms with Crippen molar-refractivity contribution in [2.45, 2.75) is 43.2 Å². The number of thioether (sulfide) groups is 1. The lowest BCUT2D eigenvalue weighted by atomic mass is 9.99. The van der Waals surface area contributed by atoms with E-state index in [-0.39, 0.29) is 24.6 Å². The van der Waals surface area contributed by atoms with Gasteiger partial charge in [-0.3, -0.25) is 0 Å². The van der Waals surface area contributed by atoms with Crippen LogP contribution in [0.1, 0.15) is 41.1 Å². The first-order valence-electron chi connectivity index (χ1n) is 13.7. The molecule has 0 bridgehead atoms. The van der Waals surface area contributed by atoms with Crippen LogP contribution in [0.3, 0.4) is 0 Å². The molecule has 1 aliphatic rings. The van der Waals surface area contributed by atoms with Crippen molar-refractivity contribution >= 4 is 11.8 Å². The number of aromatic nitrogens is 4. The summed E-state index contributed by atoms with van der Waals surface area (Å²) < 4.78 is 14.6. The largest absolute Gasteiger partial charge is 0.508 e. The average Bonchev–Trinajstić information content (AvgIpc) is 3.53. The summed E-state index contributed by atoms with van der Waals surface area (Å²) in [5.74, 6) is 0.783. The quantitative estimate of drug-likeness (QED) is 0.198. The van der Waals surface area contributed by atoms with E-state index in [1.54, 1.807) is 28.9 Å². The Kier molecular flexibility index (Phi) is 8.59. The molecule has 3 atom stereocenters. The molecule has 42 heavy (non-hydrogen) atoms. The molecule has 0 amide bonds. The average molecular weight is 582 g/mol. The third-order valence-corrected chi connectivity index (χ3v) is 8.28. The van der Waals surface area contributed by atoms with Crippen LogP contribution < -0.4 is 5.73 Å². The highest BCUT2D eigenvalue weighted by atomic mass is 32.2. The zero-order valence-corrected chi connectivity index (χ0v) is 23.6. The summed E-state index contributed by atoms with van der Waals surface area (Å²) in [6.45, 7) is 0.490. The molecular formula is C32H31N5O4S. The van der Waals surface area contributed by atoms with Crippen LogP contribution in [0.2, 0.25) is 0 Å². The summed E-state index contributed by atoms with van der Waals surface area (Å²) in [7, 11) is 0. The fourth-order valence-corrected chi connectivity index (χ4v) is 5.83. The van der Waals surface area contributed by atoms with Gasteiger partial charge in [-0.05, 0) is 68.6 Å². The van der Waals surface area contributed by atoms with Crippen molar-refractivity contribution in [2.75, 3.05) is 5.75 Å². The topological polar surface area (TPSA) is 129 Å². The normalized spacial score (nSPS) is 18.7. The molecular weight excluding hydrogens is 550 g/mol. The van der Waals surface area contributed by atoms with Crippen LogP contribution in [-0.2, 0) is 22.6 Å². The van der Waals surface area contributed by atoms with Crippen molar-refractivity contribution < 1.29 is 19.7 Å². The Balaban J connectivity index is 1.22. The van der Waals surface area contributed by atoms with Crippen LogP contribution in [0, 0.1) is 0 Å². The molecule has 1 fully saturated rings. The summed E-state index contributed by atoms with van der Waals surface area (Å²) in [6, 6.07) is 31.0. The standard InChI is InChI=1S/C32H31N5O4S/c33-18-22-2-1-3-26(16-22)23-8-10-25(11-9-23)31-40-29(17-30(41-31)24-6-4-21(19-38)5-7-24)20-42-32-34-35-36-37(32)27-12-14-28(39)15-13-27/h1-16,29-31,38-39H,17-20,33H2/t29-,30+,31+/m0/s1. The van der Waals surface area contributed by atoms with Crippen molar-refractivity contribution in [2.24, 2.45) is 5.73 Å². The molecule has 9 nitrogen and oxygen atoms in total. The summed E-state index contributed by atoms with van der Waals surface area (Å²) >= 11 is 1.50. The maximum absolute atomic E-state index is 9.65. The van der Waals surface area contributed by atoms with Crippen molar-refractivity contribution in [3.05, 3.63) is 119 Å². The SMILES string of the molecule is NCc1cccc(-c2ccc([C@@H]3O[C@H](CSc4nnnn4-c4ccc(O)cc4)C[C@H](c4ccc(CO)cc4)O3)cc2)c1. The fraction of sp³-hybridized carbons (Fsp3) is 0.219. The molecule has 0 radical (unpaired) electrons. The van der Waals surface area contributed by atoms with Crippen LogP contribution in [-0.4, -0.2) is 42.3 Å². The molecule has 214 valence electrons. The van der Waals surface area contributed by atoms with Crippen molar-refractivity contribution in [1.29, 1.82) is 0 Å². The van der Waals surface area contributed by atoms with Gasteiger partial charge in [0, 0.05) is 24.3 Å². The van der Waals surface area contributed by atoms with E-state index >= 15 is 0 Å². The number of rotatable bonds is 9. The second-order valence-electron chi connectivity index (χ2n) is 10.1. The maximum Gasteiger partial charge on any atom is 0.214 e. The zero-order valence-electron chi connectivity index (χ0n) is 22.8. The molecule has 1 aromatic heterocycles. The van der Waals surface area contributed by atoms with Gasteiger partial charge in [0.05, 0.1) is 24.5 Å². The molecule has 4 aromatic carbocycles. The number of tetrazole rings is 1. The number of ether oxygens (including phenoxy) is 2. The number of aliphatic hydroxyl groups excluding tert-OH is 1. The molecule has 1 aliphatic heterocycles. The Labute approximate surface area is 247 Å². The van der Waals surface area contributed by atoms with Gasteiger partial charge in [0.2, 0.25) is 5.16 Å². The summed E-state index contributed by atoms with van der Waals surface area (Å²) in [4.78, 5) is 0. The predicted octanol–water partition coefficient (Wildman–Crippen LogP) is 5.32. The second kappa shape index (κ2) is 12.8. The van der Waals surface area contributed by atoms with Crippen LogP contribution in [0.15, 0.2) is 102 Å². The minimum atomic E-state index is -0.565. The maximum atomic E-state index is 9.65. The van der Waals surface area contributed by atoms with Gasteiger partial charge >= 0.3 is 0 Å². The first-order chi connectivity index (χ1) is 20.6. The number of aromatic hydroxyl groups is 1. The lowest BCUT2D eigenvalue weighted by molar-refractivity contribution is -0.245. The molecule has 4 N–H and O–H groups in total. The Morgan fingerprint density at radius 1 is 0.857 bits per heavy atom. The third-order valence-electron chi connectivity index (χ3n) is 7.23. The zero-order chi connectivity index (χ0) is 28.9. The van der Waals surface area contributed by atoms with Gasteiger partial charge < -0.3 is 25.4 Å². The van der Waals surface area contributed by atoms with Gasteiger partial charge in [-0.25, -0.2) is 0 Å². The molecule has 0 spiro atoms. The Bertz CT molecular complexity index is 1610. The fourth-order valence-electron chi connectivity index (χ4n) is 4.93. The number of hydrogen-bond donors (Lipinski definition) is 3. The Hall–Kier alpha value is -4.06. The summed E-state index contributed by atoms with van der Waals surface area (Å²) in [5.41, 5.74) is 12.7. The molecule has 0 aliphatic carbocycles. The van der Waals surface area contributed by atoms with E-state index in [0.717, 1.165) is 39.1 Å². The predicted molar refractivity (Wildman–Crippen MR) is 160 cm³/mol.